The lowest BCUT2D eigenvalue weighted by atomic mass is 10.1. The molecule has 1 N–H and O–H groups in total. The van der Waals surface area contributed by atoms with Gasteiger partial charge in [-0.05, 0) is 55.7 Å². The summed E-state index contributed by atoms with van der Waals surface area (Å²) in [5.74, 6) is 1.07. The molecule has 33 heavy (non-hydrogen) atoms. The van der Waals surface area contributed by atoms with Crippen molar-refractivity contribution in [3.05, 3.63) is 47.7 Å². The second-order valence-electron chi connectivity index (χ2n) is 9.18. The second kappa shape index (κ2) is 9.02. The molecule has 3 aliphatic heterocycles. The summed E-state index contributed by atoms with van der Waals surface area (Å²) >= 11 is 0. The number of rotatable bonds is 5. The largest absolute Gasteiger partial charge is 0.369 e. The molecule has 8 heteroatoms. The van der Waals surface area contributed by atoms with Crippen LogP contribution in [-0.4, -0.2) is 79.0 Å². The molecule has 0 radical (unpaired) electrons. The number of aromatic nitrogens is 1. The molecule has 2 saturated heterocycles. The predicted molar refractivity (Wildman–Crippen MR) is 130 cm³/mol. The van der Waals surface area contributed by atoms with Gasteiger partial charge in [-0.25, -0.2) is 4.98 Å². The van der Waals surface area contributed by atoms with E-state index in [1.807, 2.05) is 44.4 Å². The van der Waals surface area contributed by atoms with Gasteiger partial charge in [0.25, 0.3) is 5.91 Å². The molecule has 174 valence electrons. The third-order valence-electron chi connectivity index (χ3n) is 7.09. The Labute approximate surface area is 195 Å². The number of hydrogen-bond donors (Lipinski definition) is 1. The molecule has 0 saturated carbocycles. The molecule has 2 amide bonds. The number of nitrogens with zero attached hydrogens (tertiary/aromatic N) is 5. The van der Waals surface area contributed by atoms with E-state index in [9.17, 15) is 9.59 Å². The lowest BCUT2D eigenvalue weighted by molar-refractivity contribution is -0.117. The molecule has 1 atom stereocenters. The van der Waals surface area contributed by atoms with Gasteiger partial charge in [0.2, 0.25) is 5.91 Å². The Morgan fingerprint density at radius 1 is 1.15 bits per heavy atom. The number of benzene rings is 1. The Morgan fingerprint density at radius 3 is 2.64 bits per heavy atom. The summed E-state index contributed by atoms with van der Waals surface area (Å²) in [4.78, 5) is 38.1. The number of carbonyl (C=O) groups excluding carboxylic acids is 2. The third kappa shape index (κ3) is 4.27. The first kappa shape index (κ1) is 21.7. The van der Waals surface area contributed by atoms with E-state index in [0.29, 0.717) is 6.54 Å². The number of amides is 2. The van der Waals surface area contributed by atoms with Gasteiger partial charge in [-0.3, -0.25) is 14.5 Å². The van der Waals surface area contributed by atoms with Gasteiger partial charge in [0.1, 0.15) is 6.04 Å². The van der Waals surface area contributed by atoms with Crippen LogP contribution in [0.1, 0.15) is 35.7 Å². The van der Waals surface area contributed by atoms with Crippen LogP contribution in [0, 0.1) is 0 Å². The van der Waals surface area contributed by atoms with E-state index in [1.165, 1.54) is 0 Å². The minimum absolute atomic E-state index is 0.0522. The monoisotopic (exact) mass is 448 g/mol. The van der Waals surface area contributed by atoms with Crippen molar-refractivity contribution < 1.29 is 9.59 Å². The number of anilines is 3. The summed E-state index contributed by atoms with van der Waals surface area (Å²) in [6.45, 7) is 8.19. The zero-order valence-corrected chi connectivity index (χ0v) is 19.5. The first-order valence-electron chi connectivity index (χ1n) is 11.9. The second-order valence-corrected chi connectivity index (χ2v) is 9.18. The van der Waals surface area contributed by atoms with Crippen LogP contribution >= 0.6 is 0 Å². The van der Waals surface area contributed by atoms with Gasteiger partial charge < -0.3 is 20.0 Å². The van der Waals surface area contributed by atoms with Gasteiger partial charge in [0, 0.05) is 70.3 Å². The first-order valence-corrected chi connectivity index (χ1v) is 11.9. The molecule has 8 nitrogen and oxygen atoms in total. The van der Waals surface area contributed by atoms with Gasteiger partial charge in [-0.1, -0.05) is 0 Å². The summed E-state index contributed by atoms with van der Waals surface area (Å²) in [6.07, 6.45) is 3.91. The molecule has 1 unspecified atom stereocenters. The molecule has 5 rings (SSSR count). The minimum Gasteiger partial charge on any atom is -0.369 e. The number of nitrogens with one attached hydrogen (secondary N) is 1. The number of carbonyl (C=O) groups is 2. The van der Waals surface area contributed by atoms with Crippen LogP contribution in [0.2, 0.25) is 0 Å². The Hall–Kier alpha value is -3.13. The standard InChI is InChI=1S/C25H32N6O2/c1-3-28(2)25(33)19-6-8-20(9-7-19)30-13-11-29(12-14-30)17-18-15-21-23(26-16-18)31-10-4-5-22(31)24(32)27-21/h6-9,15-16,22H,3-5,10-14,17H2,1-2H3,(H,27,32). The molecule has 2 fully saturated rings. The van der Waals surface area contributed by atoms with Crippen molar-refractivity contribution in [2.75, 3.05) is 61.4 Å². The highest BCUT2D eigenvalue weighted by Crippen LogP contribution is 2.35. The lowest BCUT2D eigenvalue weighted by Gasteiger charge is -2.36. The first-order chi connectivity index (χ1) is 16.0. The summed E-state index contributed by atoms with van der Waals surface area (Å²) < 4.78 is 0. The van der Waals surface area contributed by atoms with E-state index in [-0.39, 0.29) is 17.9 Å². The predicted octanol–water partition coefficient (Wildman–Crippen LogP) is 2.42. The van der Waals surface area contributed by atoms with Crippen LogP contribution in [0.5, 0.6) is 0 Å². The van der Waals surface area contributed by atoms with Crippen LogP contribution in [0.25, 0.3) is 0 Å². The average molecular weight is 449 g/mol. The molecule has 0 bridgehead atoms. The number of hydrogen-bond acceptors (Lipinski definition) is 6. The topological polar surface area (TPSA) is 72.0 Å². The van der Waals surface area contributed by atoms with Gasteiger partial charge in [-0.2, -0.15) is 0 Å². The quantitative estimate of drug-likeness (QED) is 0.758. The zero-order chi connectivity index (χ0) is 22.9. The maximum atomic E-state index is 12.4. The summed E-state index contributed by atoms with van der Waals surface area (Å²) in [6, 6.07) is 9.98. The number of pyridine rings is 1. The molecule has 3 aliphatic rings. The molecular weight excluding hydrogens is 416 g/mol. The summed E-state index contributed by atoms with van der Waals surface area (Å²) in [5, 5.41) is 3.06. The van der Waals surface area contributed by atoms with E-state index < -0.39 is 0 Å². The van der Waals surface area contributed by atoms with Crippen molar-refractivity contribution in [3.63, 3.8) is 0 Å². The summed E-state index contributed by atoms with van der Waals surface area (Å²) in [5.41, 5.74) is 3.86. The minimum atomic E-state index is -0.0522. The van der Waals surface area contributed by atoms with Gasteiger partial charge >= 0.3 is 0 Å². The number of piperazine rings is 1. The fourth-order valence-corrected chi connectivity index (χ4v) is 5.02. The lowest BCUT2D eigenvalue weighted by Crippen LogP contribution is -2.46. The summed E-state index contributed by atoms with van der Waals surface area (Å²) in [7, 11) is 1.82. The molecular formula is C25H32N6O2. The highest BCUT2D eigenvalue weighted by molar-refractivity contribution is 6.03. The van der Waals surface area contributed by atoms with E-state index in [1.54, 1.807) is 4.90 Å². The molecule has 4 heterocycles. The van der Waals surface area contributed by atoms with Crippen molar-refractivity contribution in [1.82, 2.24) is 14.8 Å². The van der Waals surface area contributed by atoms with Crippen LogP contribution in [-0.2, 0) is 11.3 Å². The van der Waals surface area contributed by atoms with E-state index in [4.69, 9.17) is 4.98 Å². The van der Waals surface area contributed by atoms with E-state index >= 15 is 0 Å². The fraction of sp³-hybridized carbons (Fsp3) is 0.480. The van der Waals surface area contributed by atoms with Crippen LogP contribution in [0.4, 0.5) is 17.2 Å². The highest BCUT2D eigenvalue weighted by Gasteiger charge is 2.37. The Bertz CT molecular complexity index is 1030. The molecule has 0 aliphatic carbocycles. The van der Waals surface area contributed by atoms with E-state index in [2.05, 4.69) is 26.1 Å². The highest BCUT2D eigenvalue weighted by atomic mass is 16.2. The molecule has 1 aromatic carbocycles. The molecule has 0 spiro atoms. The van der Waals surface area contributed by atoms with Crippen molar-refractivity contribution in [2.45, 2.75) is 32.4 Å². The van der Waals surface area contributed by atoms with E-state index in [0.717, 1.165) is 80.4 Å². The van der Waals surface area contributed by atoms with Gasteiger partial charge in [0.15, 0.2) is 5.82 Å². The van der Waals surface area contributed by atoms with Crippen LogP contribution in [0.15, 0.2) is 36.5 Å². The SMILES string of the molecule is CCN(C)C(=O)c1ccc(N2CCN(Cc3cnc4c(c3)NC(=O)C3CCCN43)CC2)cc1. The van der Waals surface area contributed by atoms with Crippen LogP contribution < -0.4 is 15.1 Å². The molecule has 1 aromatic heterocycles. The van der Waals surface area contributed by atoms with Gasteiger partial charge in [-0.15, -0.1) is 0 Å². The average Bonchev–Trinajstić information content (AvgIpc) is 3.35. The Kier molecular flexibility index (Phi) is 5.93. The maximum Gasteiger partial charge on any atom is 0.253 e. The van der Waals surface area contributed by atoms with Crippen molar-refractivity contribution in [3.8, 4) is 0 Å². The maximum absolute atomic E-state index is 12.4. The van der Waals surface area contributed by atoms with Crippen LogP contribution in [0.3, 0.4) is 0 Å². The Balaban J connectivity index is 1.18. The van der Waals surface area contributed by atoms with Crippen molar-refractivity contribution in [2.24, 2.45) is 0 Å². The fourth-order valence-electron chi connectivity index (χ4n) is 5.02. The van der Waals surface area contributed by atoms with Crippen molar-refractivity contribution in [1.29, 1.82) is 0 Å². The van der Waals surface area contributed by atoms with Crippen molar-refractivity contribution >= 4 is 29.0 Å². The number of fused-ring (bicyclic) bond motifs is 3. The Morgan fingerprint density at radius 2 is 1.91 bits per heavy atom. The molecule has 2 aromatic rings. The third-order valence-corrected chi connectivity index (χ3v) is 7.09. The smallest absolute Gasteiger partial charge is 0.253 e. The zero-order valence-electron chi connectivity index (χ0n) is 19.5. The van der Waals surface area contributed by atoms with Gasteiger partial charge in [0.05, 0.1) is 5.69 Å². The normalized spacial score (nSPS) is 20.3.